The number of amides is 3. The number of benzene rings is 2. The highest BCUT2D eigenvalue weighted by atomic mass is 16.4. The first-order valence-corrected chi connectivity index (χ1v) is 10.4. The van der Waals surface area contributed by atoms with E-state index >= 15 is 0 Å². The average molecular weight is 425 g/mol. The standard InChI is InChI=1S/C23H28N4O4/c1-17-5-2-3-6-20(17)25-23(31)24-19-9-7-18(8-10-19)15-21(28)27-12-4-11-26(13-14-27)16-22(29)30/h2-3,5-10H,4,11-16H2,1H3,(H,29,30)(H2,24,25,31). The molecule has 31 heavy (non-hydrogen) atoms. The number of carboxylic acid groups (broad SMARTS) is 1. The highest BCUT2D eigenvalue weighted by Crippen LogP contribution is 2.15. The van der Waals surface area contributed by atoms with Gasteiger partial charge in [0.1, 0.15) is 0 Å². The van der Waals surface area contributed by atoms with Crippen LogP contribution in [-0.4, -0.2) is 65.5 Å². The molecule has 0 atom stereocenters. The Morgan fingerprint density at radius 2 is 1.68 bits per heavy atom. The van der Waals surface area contributed by atoms with Crippen molar-refractivity contribution in [3.8, 4) is 0 Å². The van der Waals surface area contributed by atoms with Gasteiger partial charge in [-0.3, -0.25) is 14.5 Å². The van der Waals surface area contributed by atoms with Crippen LogP contribution >= 0.6 is 0 Å². The molecule has 1 aliphatic heterocycles. The second-order valence-corrected chi connectivity index (χ2v) is 7.67. The van der Waals surface area contributed by atoms with Gasteiger partial charge in [-0.2, -0.15) is 0 Å². The van der Waals surface area contributed by atoms with E-state index in [1.54, 1.807) is 17.0 Å². The highest BCUT2D eigenvalue weighted by Gasteiger charge is 2.20. The van der Waals surface area contributed by atoms with Gasteiger partial charge >= 0.3 is 12.0 Å². The van der Waals surface area contributed by atoms with E-state index in [0.29, 0.717) is 31.9 Å². The molecule has 8 heteroatoms. The summed E-state index contributed by atoms with van der Waals surface area (Å²) in [5.74, 6) is -0.823. The molecule has 0 radical (unpaired) electrons. The van der Waals surface area contributed by atoms with Gasteiger partial charge in [-0.1, -0.05) is 30.3 Å². The second kappa shape index (κ2) is 10.6. The zero-order chi connectivity index (χ0) is 22.2. The maximum atomic E-state index is 12.7. The van der Waals surface area contributed by atoms with Crippen molar-refractivity contribution in [2.45, 2.75) is 19.8 Å². The van der Waals surface area contributed by atoms with Gasteiger partial charge in [0.05, 0.1) is 13.0 Å². The van der Waals surface area contributed by atoms with Crippen molar-refractivity contribution in [1.29, 1.82) is 0 Å². The summed E-state index contributed by atoms with van der Waals surface area (Å²) in [7, 11) is 0. The lowest BCUT2D eigenvalue weighted by molar-refractivity contribution is -0.138. The minimum absolute atomic E-state index is 0.00785. The van der Waals surface area contributed by atoms with Crippen LogP contribution < -0.4 is 10.6 Å². The zero-order valence-electron chi connectivity index (χ0n) is 17.6. The van der Waals surface area contributed by atoms with Crippen molar-refractivity contribution in [3.05, 3.63) is 59.7 Å². The van der Waals surface area contributed by atoms with E-state index in [-0.39, 0.29) is 24.9 Å². The summed E-state index contributed by atoms with van der Waals surface area (Å²) < 4.78 is 0. The molecule has 0 saturated carbocycles. The first kappa shape index (κ1) is 22.3. The molecule has 3 N–H and O–H groups in total. The van der Waals surface area contributed by atoms with E-state index in [2.05, 4.69) is 10.6 Å². The molecule has 0 unspecified atom stereocenters. The van der Waals surface area contributed by atoms with E-state index in [9.17, 15) is 14.4 Å². The number of carbonyl (C=O) groups is 3. The average Bonchev–Trinajstić information content (AvgIpc) is 2.96. The number of urea groups is 1. The topological polar surface area (TPSA) is 102 Å². The lowest BCUT2D eigenvalue weighted by Gasteiger charge is -2.21. The minimum atomic E-state index is -0.846. The zero-order valence-corrected chi connectivity index (χ0v) is 17.6. The molecule has 8 nitrogen and oxygen atoms in total. The Hall–Kier alpha value is -3.39. The number of carboxylic acids is 1. The Morgan fingerprint density at radius 3 is 2.39 bits per heavy atom. The van der Waals surface area contributed by atoms with Gasteiger partial charge < -0.3 is 20.6 Å². The third-order valence-electron chi connectivity index (χ3n) is 5.26. The number of aryl methyl sites for hydroxylation is 1. The molecule has 3 rings (SSSR count). The van der Waals surface area contributed by atoms with Crippen molar-refractivity contribution in [3.63, 3.8) is 0 Å². The number of anilines is 2. The smallest absolute Gasteiger partial charge is 0.323 e. The number of carbonyl (C=O) groups excluding carboxylic acids is 2. The summed E-state index contributed by atoms with van der Waals surface area (Å²) in [6.45, 7) is 4.35. The van der Waals surface area contributed by atoms with Crippen LogP contribution in [-0.2, 0) is 16.0 Å². The van der Waals surface area contributed by atoms with Gasteiger partial charge in [-0.05, 0) is 42.7 Å². The van der Waals surface area contributed by atoms with Crippen molar-refractivity contribution < 1.29 is 19.5 Å². The molecule has 0 aliphatic carbocycles. The van der Waals surface area contributed by atoms with E-state index < -0.39 is 5.97 Å². The van der Waals surface area contributed by atoms with Crippen LogP contribution in [0.4, 0.5) is 16.2 Å². The summed E-state index contributed by atoms with van der Waals surface area (Å²) in [5.41, 5.74) is 3.23. The number of nitrogens with one attached hydrogen (secondary N) is 2. The molecule has 2 aromatic carbocycles. The molecule has 0 aromatic heterocycles. The molecule has 1 aliphatic rings. The molecule has 3 amide bonds. The van der Waals surface area contributed by atoms with Gasteiger partial charge in [0.25, 0.3) is 0 Å². The Kier molecular flexibility index (Phi) is 7.61. The predicted octanol–water partition coefficient (Wildman–Crippen LogP) is 2.80. The van der Waals surface area contributed by atoms with Crippen LogP contribution in [0.5, 0.6) is 0 Å². The van der Waals surface area contributed by atoms with Gasteiger partial charge in [0, 0.05) is 37.6 Å². The molecule has 0 spiro atoms. The third-order valence-corrected chi connectivity index (χ3v) is 5.26. The summed E-state index contributed by atoms with van der Waals surface area (Å²) in [4.78, 5) is 39.4. The minimum Gasteiger partial charge on any atom is -0.480 e. The second-order valence-electron chi connectivity index (χ2n) is 7.67. The SMILES string of the molecule is Cc1ccccc1NC(=O)Nc1ccc(CC(=O)N2CCCN(CC(=O)O)CC2)cc1. The highest BCUT2D eigenvalue weighted by molar-refractivity contribution is 6.00. The number of nitrogens with zero attached hydrogens (tertiary/aromatic N) is 2. The normalized spacial score (nSPS) is 14.5. The Bertz CT molecular complexity index is 929. The largest absolute Gasteiger partial charge is 0.480 e. The molecule has 1 heterocycles. The molecule has 1 fully saturated rings. The fourth-order valence-corrected chi connectivity index (χ4v) is 3.56. The van der Waals surface area contributed by atoms with E-state index in [1.165, 1.54) is 0 Å². The first-order valence-electron chi connectivity index (χ1n) is 10.4. The summed E-state index contributed by atoms with van der Waals surface area (Å²) >= 11 is 0. The van der Waals surface area contributed by atoms with Crippen molar-refractivity contribution in [1.82, 2.24) is 9.80 Å². The maximum Gasteiger partial charge on any atom is 0.323 e. The molecule has 0 bridgehead atoms. The Balaban J connectivity index is 1.49. The predicted molar refractivity (Wildman–Crippen MR) is 119 cm³/mol. The number of rotatable bonds is 6. The van der Waals surface area contributed by atoms with Crippen molar-refractivity contribution in [2.75, 3.05) is 43.4 Å². The number of hydrogen-bond acceptors (Lipinski definition) is 4. The molecule has 1 saturated heterocycles. The molecule has 164 valence electrons. The lowest BCUT2D eigenvalue weighted by atomic mass is 10.1. The molecular weight excluding hydrogens is 396 g/mol. The maximum absolute atomic E-state index is 12.7. The monoisotopic (exact) mass is 424 g/mol. The number of hydrogen-bond donors (Lipinski definition) is 3. The number of para-hydroxylation sites is 1. The van der Waals surface area contributed by atoms with Crippen molar-refractivity contribution in [2.24, 2.45) is 0 Å². The van der Waals surface area contributed by atoms with Gasteiger partial charge in [-0.15, -0.1) is 0 Å². The van der Waals surface area contributed by atoms with E-state index in [0.717, 1.165) is 23.2 Å². The molecule has 2 aromatic rings. The van der Waals surface area contributed by atoms with Crippen LogP contribution in [0.3, 0.4) is 0 Å². The first-order chi connectivity index (χ1) is 14.9. The van der Waals surface area contributed by atoms with Crippen LogP contribution in [0, 0.1) is 6.92 Å². The fraction of sp³-hybridized carbons (Fsp3) is 0.348. The third kappa shape index (κ3) is 6.82. The summed E-state index contributed by atoms with van der Waals surface area (Å²) in [5, 5.41) is 14.5. The van der Waals surface area contributed by atoms with E-state index in [1.807, 2.05) is 48.2 Å². The van der Waals surface area contributed by atoms with Crippen LogP contribution in [0.25, 0.3) is 0 Å². The Morgan fingerprint density at radius 1 is 0.935 bits per heavy atom. The Labute approximate surface area is 181 Å². The van der Waals surface area contributed by atoms with Crippen LogP contribution in [0.2, 0.25) is 0 Å². The van der Waals surface area contributed by atoms with E-state index in [4.69, 9.17) is 5.11 Å². The lowest BCUT2D eigenvalue weighted by Crippen LogP contribution is -2.37. The molecular formula is C23H28N4O4. The summed E-state index contributed by atoms with van der Waals surface area (Å²) in [6, 6.07) is 14.4. The number of aliphatic carboxylic acids is 1. The fourth-order valence-electron chi connectivity index (χ4n) is 3.56. The van der Waals surface area contributed by atoms with Gasteiger partial charge in [0.15, 0.2) is 0 Å². The van der Waals surface area contributed by atoms with Gasteiger partial charge in [-0.25, -0.2) is 4.79 Å². The van der Waals surface area contributed by atoms with Crippen LogP contribution in [0.1, 0.15) is 17.5 Å². The van der Waals surface area contributed by atoms with Crippen LogP contribution in [0.15, 0.2) is 48.5 Å². The quantitative estimate of drug-likeness (QED) is 0.662. The van der Waals surface area contributed by atoms with Crippen molar-refractivity contribution >= 4 is 29.3 Å². The summed E-state index contributed by atoms with van der Waals surface area (Å²) in [6.07, 6.45) is 1.03. The van der Waals surface area contributed by atoms with Gasteiger partial charge in [0.2, 0.25) is 5.91 Å².